The fourth-order valence-corrected chi connectivity index (χ4v) is 3.65. The number of hydrogen-bond donors (Lipinski definition) is 1. The van der Waals surface area contributed by atoms with Crippen molar-refractivity contribution in [3.05, 3.63) is 29.3 Å². The van der Waals surface area contributed by atoms with Crippen LogP contribution in [0.4, 0.5) is 0 Å². The number of nitrogens with one attached hydrogen (secondary N) is 1. The second kappa shape index (κ2) is 10.8. The van der Waals surface area contributed by atoms with Crippen LogP contribution in [0.5, 0.6) is 0 Å². The third-order valence-corrected chi connectivity index (χ3v) is 5.55. The van der Waals surface area contributed by atoms with Gasteiger partial charge in [-0.2, -0.15) is 0 Å². The summed E-state index contributed by atoms with van der Waals surface area (Å²) in [4.78, 5) is 40.2. The molecule has 1 heterocycles. The first-order valence-electron chi connectivity index (χ1n) is 9.31. The summed E-state index contributed by atoms with van der Waals surface area (Å²) in [5.41, 5.74) is 0.961. The Kier molecular flexibility index (Phi) is 8.38. The van der Waals surface area contributed by atoms with E-state index in [1.165, 1.54) is 7.11 Å². The molecule has 7 nitrogen and oxygen atoms in total. The highest BCUT2D eigenvalue weighted by molar-refractivity contribution is 7.18. The molecular formula is C20H26N2O5S. The molecule has 0 saturated heterocycles. The van der Waals surface area contributed by atoms with Crippen molar-refractivity contribution < 1.29 is 23.9 Å². The van der Waals surface area contributed by atoms with Gasteiger partial charge in [-0.1, -0.05) is 32.4 Å². The van der Waals surface area contributed by atoms with Crippen molar-refractivity contribution in [2.75, 3.05) is 13.7 Å². The molecule has 2 rings (SSSR count). The molecule has 0 aliphatic carbocycles. The minimum Gasteiger partial charge on any atom is -0.467 e. The number of ether oxygens (including phenoxy) is 2. The summed E-state index contributed by atoms with van der Waals surface area (Å²) in [5.74, 6) is -1.56. The van der Waals surface area contributed by atoms with Gasteiger partial charge in [0.2, 0.25) is 0 Å². The van der Waals surface area contributed by atoms with Crippen LogP contribution in [0.15, 0.2) is 24.3 Å². The smallest absolute Gasteiger partial charge is 0.328 e. The van der Waals surface area contributed by atoms with Crippen molar-refractivity contribution in [3.63, 3.8) is 0 Å². The van der Waals surface area contributed by atoms with Gasteiger partial charge in [-0.25, -0.2) is 9.78 Å². The number of hydrogen-bond acceptors (Lipinski definition) is 7. The summed E-state index contributed by atoms with van der Waals surface area (Å²) in [6.45, 7) is 3.35. The average molecular weight is 407 g/mol. The Morgan fingerprint density at radius 2 is 2.00 bits per heavy atom. The third-order valence-electron chi connectivity index (χ3n) is 4.46. The zero-order valence-electron chi connectivity index (χ0n) is 16.4. The zero-order valence-corrected chi connectivity index (χ0v) is 17.2. The van der Waals surface area contributed by atoms with Crippen LogP contribution >= 0.6 is 11.3 Å². The largest absolute Gasteiger partial charge is 0.467 e. The van der Waals surface area contributed by atoms with Crippen LogP contribution in [-0.4, -0.2) is 42.6 Å². The molecule has 0 saturated carbocycles. The van der Waals surface area contributed by atoms with Gasteiger partial charge in [0.1, 0.15) is 6.04 Å². The average Bonchev–Trinajstić information content (AvgIpc) is 3.12. The van der Waals surface area contributed by atoms with Gasteiger partial charge in [0.25, 0.3) is 5.91 Å². The summed E-state index contributed by atoms with van der Waals surface area (Å²) in [6, 6.07) is 7.15. The zero-order chi connectivity index (χ0) is 20.5. The number of amides is 1. The number of thiazole rings is 1. The standard InChI is InChI=1S/C20H26N2O5S/c1-4-13(2)19(20(25)26-3)22-16(23)12-27-18(24)11-7-10-17-21-14-8-5-6-9-15(14)28-17/h5-6,8-9,13,19H,4,7,10-12H2,1-3H3,(H,22,23)/t13-,19-/m1/s1. The molecule has 1 amide bonds. The highest BCUT2D eigenvalue weighted by atomic mass is 32.1. The quantitative estimate of drug-likeness (QED) is 0.610. The highest BCUT2D eigenvalue weighted by Gasteiger charge is 2.26. The number of nitrogens with zero attached hydrogens (tertiary/aromatic N) is 1. The van der Waals surface area contributed by atoms with E-state index in [1.54, 1.807) is 11.3 Å². The Hall–Kier alpha value is -2.48. The number of aromatic nitrogens is 1. The Bertz CT molecular complexity index is 787. The van der Waals surface area contributed by atoms with Gasteiger partial charge in [-0.15, -0.1) is 11.3 Å². The third kappa shape index (κ3) is 6.30. The van der Waals surface area contributed by atoms with Crippen molar-refractivity contribution >= 4 is 39.4 Å². The molecule has 28 heavy (non-hydrogen) atoms. The molecule has 1 aromatic carbocycles. The first-order valence-corrected chi connectivity index (χ1v) is 10.1. The number of esters is 2. The van der Waals surface area contributed by atoms with E-state index in [4.69, 9.17) is 9.47 Å². The van der Waals surface area contributed by atoms with Crippen molar-refractivity contribution in [1.29, 1.82) is 0 Å². The Balaban J connectivity index is 1.72. The minimum absolute atomic E-state index is 0.0825. The lowest BCUT2D eigenvalue weighted by molar-refractivity contribution is -0.151. The van der Waals surface area contributed by atoms with Crippen LogP contribution in [0.3, 0.4) is 0 Å². The SMILES string of the molecule is CC[C@@H](C)[C@@H](NC(=O)COC(=O)CCCc1nc2ccccc2s1)C(=O)OC. The molecule has 0 radical (unpaired) electrons. The molecule has 0 spiro atoms. The molecule has 0 aliphatic rings. The van der Waals surface area contributed by atoms with E-state index in [0.717, 1.165) is 15.2 Å². The van der Waals surface area contributed by atoms with Crippen LogP contribution in [-0.2, 0) is 30.3 Å². The number of rotatable bonds is 10. The van der Waals surface area contributed by atoms with Gasteiger partial charge in [-0.3, -0.25) is 9.59 Å². The van der Waals surface area contributed by atoms with Crippen LogP contribution < -0.4 is 5.32 Å². The van der Waals surface area contributed by atoms with Gasteiger partial charge in [0.15, 0.2) is 6.61 Å². The number of methoxy groups -OCH3 is 1. The van der Waals surface area contributed by atoms with E-state index in [9.17, 15) is 14.4 Å². The normalized spacial score (nSPS) is 13.0. The van der Waals surface area contributed by atoms with E-state index < -0.39 is 30.5 Å². The first kappa shape index (κ1) is 21.8. The minimum atomic E-state index is -0.750. The number of carbonyl (C=O) groups excluding carboxylic acids is 3. The lowest BCUT2D eigenvalue weighted by atomic mass is 9.99. The van der Waals surface area contributed by atoms with Crippen molar-refractivity contribution in [2.45, 2.75) is 45.6 Å². The van der Waals surface area contributed by atoms with E-state index in [1.807, 2.05) is 38.1 Å². The summed E-state index contributed by atoms with van der Waals surface area (Å²) >= 11 is 1.61. The maximum Gasteiger partial charge on any atom is 0.328 e. The van der Waals surface area contributed by atoms with E-state index in [0.29, 0.717) is 19.3 Å². The fraction of sp³-hybridized carbons (Fsp3) is 0.500. The van der Waals surface area contributed by atoms with Gasteiger partial charge >= 0.3 is 11.9 Å². The Morgan fingerprint density at radius 1 is 1.25 bits per heavy atom. The van der Waals surface area contributed by atoms with Gasteiger partial charge in [0.05, 0.1) is 22.3 Å². The lowest BCUT2D eigenvalue weighted by Crippen LogP contribution is -2.47. The second-order valence-corrected chi connectivity index (χ2v) is 7.66. The molecule has 2 atom stereocenters. The van der Waals surface area contributed by atoms with Gasteiger partial charge < -0.3 is 14.8 Å². The molecule has 1 N–H and O–H groups in total. The van der Waals surface area contributed by atoms with Crippen LogP contribution in [0.1, 0.15) is 38.1 Å². The summed E-state index contributed by atoms with van der Waals surface area (Å²) < 4.78 is 10.8. The topological polar surface area (TPSA) is 94.6 Å². The molecule has 1 aromatic heterocycles. The lowest BCUT2D eigenvalue weighted by Gasteiger charge is -2.21. The van der Waals surface area contributed by atoms with Crippen molar-refractivity contribution in [1.82, 2.24) is 10.3 Å². The number of benzene rings is 1. The Morgan fingerprint density at radius 3 is 2.68 bits per heavy atom. The van der Waals surface area contributed by atoms with Crippen molar-refractivity contribution in [2.24, 2.45) is 5.92 Å². The first-order chi connectivity index (χ1) is 13.4. The van der Waals surface area contributed by atoms with Gasteiger partial charge in [-0.05, 0) is 30.9 Å². The summed E-state index contributed by atoms with van der Waals surface area (Å²) in [6.07, 6.45) is 2.18. The second-order valence-electron chi connectivity index (χ2n) is 6.54. The van der Waals surface area contributed by atoms with Crippen LogP contribution in [0.2, 0.25) is 0 Å². The Labute approximate surface area is 168 Å². The van der Waals surface area contributed by atoms with E-state index >= 15 is 0 Å². The molecule has 8 heteroatoms. The predicted molar refractivity (Wildman–Crippen MR) is 107 cm³/mol. The summed E-state index contributed by atoms with van der Waals surface area (Å²) in [5, 5.41) is 3.54. The van der Waals surface area contributed by atoms with Gasteiger partial charge in [0, 0.05) is 6.42 Å². The maximum absolute atomic E-state index is 12.0. The number of fused-ring (bicyclic) bond motifs is 1. The molecule has 0 bridgehead atoms. The number of aryl methyl sites for hydroxylation is 1. The fourth-order valence-electron chi connectivity index (χ4n) is 2.64. The molecule has 0 aliphatic heterocycles. The molecule has 0 fully saturated rings. The van der Waals surface area contributed by atoms with Crippen molar-refractivity contribution in [3.8, 4) is 0 Å². The molecule has 152 valence electrons. The monoisotopic (exact) mass is 406 g/mol. The van der Waals surface area contributed by atoms with E-state index in [2.05, 4.69) is 10.3 Å². The molecular weight excluding hydrogens is 380 g/mol. The molecule has 2 aromatic rings. The summed E-state index contributed by atoms with van der Waals surface area (Å²) in [7, 11) is 1.27. The number of para-hydroxylation sites is 1. The number of carbonyl (C=O) groups is 3. The molecule has 0 unspecified atom stereocenters. The highest BCUT2D eigenvalue weighted by Crippen LogP contribution is 2.22. The maximum atomic E-state index is 12.0. The van der Waals surface area contributed by atoms with Crippen LogP contribution in [0.25, 0.3) is 10.2 Å². The predicted octanol–water partition coefficient (Wildman–Crippen LogP) is 2.87. The van der Waals surface area contributed by atoms with Crippen LogP contribution in [0, 0.1) is 5.92 Å². The van der Waals surface area contributed by atoms with E-state index in [-0.39, 0.29) is 12.3 Å².